The number of amides is 1. The van der Waals surface area contributed by atoms with Crippen molar-refractivity contribution in [3.05, 3.63) is 35.4 Å². The van der Waals surface area contributed by atoms with E-state index in [1.165, 1.54) is 12.1 Å². The number of hydrogen-bond acceptors (Lipinski definition) is 1. The molecule has 0 aromatic heterocycles. The van der Waals surface area contributed by atoms with Gasteiger partial charge in [0.05, 0.1) is 5.56 Å². The molecule has 0 aliphatic heterocycles. The van der Waals surface area contributed by atoms with Crippen molar-refractivity contribution in [3.63, 3.8) is 0 Å². The van der Waals surface area contributed by atoms with E-state index in [4.69, 9.17) is 0 Å². The van der Waals surface area contributed by atoms with Crippen LogP contribution in [0.4, 0.5) is 13.2 Å². The quantitative estimate of drug-likeness (QED) is 0.894. The van der Waals surface area contributed by atoms with Crippen LogP contribution in [0.15, 0.2) is 24.3 Å². The van der Waals surface area contributed by atoms with Crippen molar-refractivity contribution in [2.45, 2.75) is 31.9 Å². The van der Waals surface area contributed by atoms with Gasteiger partial charge in [-0.3, -0.25) is 4.79 Å². The highest BCUT2D eigenvalue weighted by molar-refractivity contribution is 5.82. The average molecular weight is 271 g/mol. The summed E-state index contributed by atoms with van der Waals surface area (Å²) in [5.41, 5.74) is 0.161. The maximum atomic E-state index is 12.4. The zero-order chi connectivity index (χ0) is 14.0. The molecule has 19 heavy (non-hydrogen) atoms. The maximum absolute atomic E-state index is 12.4. The van der Waals surface area contributed by atoms with E-state index in [9.17, 15) is 18.0 Å². The first kappa shape index (κ1) is 13.9. The van der Waals surface area contributed by atoms with Gasteiger partial charge in [-0.25, -0.2) is 0 Å². The normalized spacial score (nSPS) is 22.1. The molecule has 0 heterocycles. The Balaban J connectivity index is 1.96. The fourth-order valence-corrected chi connectivity index (χ4v) is 2.15. The Bertz CT molecular complexity index is 453. The minimum Gasteiger partial charge on any atom is -0.356 e. The van der Waals surface area contributed by atoms with Gasteiger partial charge in [0.2, 0.25) is 5.91 Å². The molecule has 1 fully saturated rings. The molecule has 1 aliphatic rings. The molecule has 1 aliphatic carbocycles. The van der Waals surface area contributed by atoms with E-state index in [0.29, 0.717) is 6.54 Å². The number of alkyl halides is 3. The number of carbonyl (C=O) groups is 1. The van der Waals surface area contributed by atoms with E-state index in [-0.39, 0.29) is 17.7 Å². The predicted octanol–water partition coefficient (Wildman–Crippen LogP) is 3.34. The SMILES string of the molecule is CCCNC(=O)C1CC1c1ccc(C(F)(F)F)cc1. The Morgan fingerprint density at radius 1 is 1.32 bits per heavy atom. The van der Waals surface area contributed by atoms with Gasteiger partial charge in [0.1, 0.15) is 0 Å². The molecule has 104 valence electrons. The van der Waals surface area contributed by atoms with E-state index in [2.05, 4.69) is 5.32 Å². The highest BCUT2D eigenvalue weighted by atomic mass is 19.4. The lowest BCUT2D eigenvalue weighted by atomic mass is 10.1. The van der Waals surface area contributed by atoms with Crippen molar-refractivity contribution in [3.8, 4) is 0 Å². The van der Waals surface area contributed by atoms with Crippen LogP contribution in [0.2, 0.25) is 0 Å². The Hall–Kier alpha value is -1.52. The molecule has 2 atom stereocenters. The Morgan fingerprint density at radius 2 is 1.95 bits per heavy atom. The standard InChI is InChI=1S/C14H16F3NO/c1-2-7-18-13(19)12-8-11(12)9-3-5-10(6-4-9)14(15,16)17/h3-6,11-12H,2,7-8H2,1H3,(H,18,19). The number of halogens is 3. The van der Waals surface area contributed by atoms with Crippen molar-refractivity contribution >= 4 is 5.91 Å². The number of rotatable bonds is 4. The van der Waals surface area contributed by atoms with Gasteiger partial charge in [-0.05, 0) is 36.5 Å². The van der Waals surface area contributed by atoms with Crippen molar-refractivity contribution < 1.29 is 18.0 Å². The molecule has 2 rings (SSSR count). The second kappa shape index (κ2) is 5.23. The van der Waals surface area contributed by atoms with Crippen LogP contribution in [0, 0.1) is 5.92 Å². The van der Waals surface area contributed by atoms with Crippen molar-refractivity contribution in [1.82, 2.24) is 5.32 Å². The van der Waals surface area contributed by atoms with E-state index in [0.717, 1.165) is 30.5 Å². The first-order valence-electron chi connectivity index (χ1n) is 6.38. The molecule has 0 saturated heterocycles. The van der Waals surface area contributed by atoms with Crippen molar-refractivity contribution in [1.29, 1.82) is 0 Å². The Kier molecular flexibility index (Phi) is 3.83. The van der Waals surface area contributed by atoms with Crippen molar-refractivity contribution in [2.24, 2.45) is 5.92 Å². The van der Waals surface area contributed by atoms with Gasteiger partial charge in [-0.15, -0.1) is 0 Å². The zero-order valence-electron chi connectivity index (χ0n) is 10.6. The van der Waals surface area contributed by atoms with E-state index in [1.54, 1.807) is 0 Å². The summed E-state index contributed by atoms with van der Waals surface area (Å²) < 4.78 is 37.2. The molecule has 1 aromatic rings. The van der Waals surface area contributed by atoms with Crippen LogP contribution in [-0.4, -0.2) is 12.5 Å². The number of nitrogens with one attached hydrogen (secondary N) is 1. The largest absolute Gasteiger partial charge is 0.416 e. The molecule has 0 spiro atoms. The molecule has 5 heteroatoms. The molecular formula is C14H16F3NO. The number of hydrogen-bond donors (Lipinski definition) is 1. The van der Waals surface area contributed by atoms with Crippen LogP contribution in [0.25, 0.3) is 0 Å². The second-order valence-electron chi connectivity index (χ2n) is 4.86. The zero-order valence-corrected chi connectivity index (χ0v) is 10.6. The predicted molar refractivity (Wildman–Crippen MR) is 65.6 cm³/mol. The van der Waals surface area contributed by atoms with Gasteiger partial charge in [0.25, 0.3) is 0 Å². The summed E-state index contributed by atoms with van der Waals surface area (Å²) in [4.78, 5) is 11.7. The van der Waals surface area contributed by atoms with Crippen LogP contribution < -0.4 is 5.32 Å². The minimum atomic E-state index is -4.31. The van der Waals surface area contributed by atoms with Gasteiger partial charge in [0.15, 0.2) is 0 Å². The highest BCUT2D eigenvalue weighted by Crippen LogP contribution is 2.47. The first-order valence-corrected chi connectivity index (χ1v) is 6.38. The summed E-state index contributed by atoms with van der Waals surface area (Å²) >= 11 is 0. The van der Waals surface area contributed by atoms with Crippen molar-refractivity contribution in [2.75, 3.05) is 6.54 Å². The lowest BCUT2D eigenvalue weighted by Crippen LogP contribution is -2.25. The monoisotopic (exact) mass is 271 g/mol. The Morgan fingerprint density at radius 3 is 2.47 bits per heavy atom. The number of carbonyl (C=O) groups excluding carboxylic acids is 1. The molecule has 1 saturated carbocycles. The van der Waals surface area contributed by atoms with E-state index >= 15 is 0 Å². The van der Waals surface area contributed by atoms with Gasteiger partial charge in [0, 0.05) is 12.5 Å². The molecule has 2 unspecified atom stereocenters. The van der Waals surface area contributed by atoms with Gasteiger partial charge in [-0.1, -0.05) is 19.1 Å². The molecule has 0 radical (unpaired) electrons. The Labute approximate surface area is 110 Å². The van der Waals surface area contributed by atoms with Crippen LogP contribution in [0.1, 0.15) is 36.8 Å². The van der Waals surface area contributed by atoms with Crippen LogP contribution in [-0.2, 0) is 11.0 Å². The lowest BCUT2D eigenvalue weighted by Gasteiger charge is -2.07. The fourth-order valence-electron chi connectivity index (χ4n) is 2.15. The molecule has 1 N–H and O–H groups in total. The topological polar surface area (TPSA) is 29.1 Å². The van der Waals surface area contributed by atoms with Crippen LogP contribution in [0.3, 0.4) is 0 Å². The van der Waals surface area contributed by atoms with E-state index < -0.39 is 11.7 Å². The summed E-state index contributed by atoms with van der Waals surface area (Å²) in [5, 5.41) is 2.81. The first-order chi connectivity index (χ1) is 8.93. The minimum absolute atomic E-state index is 0.00625. The third-order valence-electron chi connectivity index (χ3n) is 3.34. The van der Waals surface area contributed by atoms with Crippen LogP contribution in [0.5, 0.6) is 0 Å². The molecule has 0 bridgehead atoms. The molecule has 2 nitrogen and oxygen atoms in total. The maximum Gasteiger partial charge on any atom is 0.416 e. The molecule has 1 aromatic carbocycles. The highest BCUT2D eigenvalue weighted by Gasteiger charge is 2.43. The smallest absolute Gasteiger partial charge is 0.356 e. The van der Waals surface area contributed by atoms with E-state index in [1.807, 2.05) is 6.92 Å². The van der Waals surface area contributed by atoms with Gasteiger partial charge < -0.3 is 5.32 Å². The number of benzene rings is 1. The summed E-state index contributed by atoms with van der Waals surface area (Å²) in [6, 6.07) is 5.10. The summed E-state index contributed by atoms with van der Waals surface area (Å²) in [6.45, 7) is 2.62. The average Bonchev–Trinajstić information content (AvgIpc) is 3.15. The van der Waals surface area contributed by atoms with Gasteiger partial charge in [-0.2, -0.15) is 13.2 Å². The van der Waals surface area contributed by atoms with Crippen LogP contribution >= 0.6 is 0 Å². The molecular weight excluding hydrogens is 255 g/mol. The third kappa shape index (κ3) is 3.28. The third-order valence-corrected chi connectivity index (χ3v) is 3.34. The fraction of sp³-hybridized carbons (Fsp3) is 0.500. The summed E-state index contributed by atoms with van der Waals surface area (Å²) in [6.07, 6.45) is -2.70. The second-order valence-corrected chi connectivity index (χ2v) is 4.86. The summed E-state index contributed by atoms with van der Waals surface area (Å²) in [7, 11) is 0. The lowest BCUT2D eigenvalue weighted by molar-refractivity contribution is -0.137. The molecule has 1 amide bonds. The summed E-state index contributed by atoms with van der Waals surface area (Å²) in [5.74, 6) is -0.00539. The van der Waals surface area contributed by atoms with Gasteiger partial charge >= 0.3 is 6.18 Å².